The molecule has 0 saturated carbocycles. The highest BCUT2D eigenvalue weighted by Gasteiger charge is 2.18. The molecule has 0 aromatic heterocycles. The topological polar surface area (TPSA) is 240 Å². The smallest absolute Gasteiger partial charge is 0.411 e. The van der Waals surface area contributed by atoms with Gasteiger partial charge in [0.15, 0.2) is 46.0 Å². The summed E-state index contributed by atoms with van der Waals surface area (Å²) >= 11 is 0. The van der Waals surface area contributed by atoms with Crippen LogP contribution < -0.4 is 62.9 Å². The minimum absolute atomic E-state index is 0.0559. The second-order valence-electron chi connectivity index (χ2n) is 24.5. The molecule has 538 valence electrons. The van der Waals surface area contributed by atoms with Crippen molar-refractivity contribution in [3.05, 3.63) is 280 Å². The van der Waals surface area contributed by atoms with Crippen LogP contribution in [-0.4, -0.2) is 94.6 Å². The summed E-state index contributed by atoms with van der Waals surface area (Å²) in [7, 11) is -0.0474. The zero-order valence-corrected chi connectivity index (χ0v) is 60.1. The molecule has 0 saturated heterocycles. The van der Waals surface area contributed by atoms with Gasteiger partial charge in [0.1, 0.15) is 0 Å². The average Bonchev–Trinajstić information content (AvgIpc) is 1.62. The molecule has 10 aromatic rings. The maximum Gasteiger partial charge on any atom is 0.411 e. The number of carbonyl (C=O) groups excluding carboxylic acids is 2. The number of hydrogen-bond donors (Lipinski definition) is 4. The first kappa shape index (κ1) is 73.8. The lowest BCUT2D eigenvalue weighted by molar-refractivity contribution is 0.102. The third-order valence-electron chi connectivity index (χ3n) is 15.8. The highest BCUT2D eigenvalue weighted by atomic mass is 32.2. The van der Waals surface area contributed by atoms with Crippen molar-refractivity contribution in [3.63, 3.8) is 0 Å². The second-order valence-corrected chi connectivity index (χ2v) is 28.1. The van der Waals surface area contributed by atoms with Crippen LogP contribution in [0, 0.1) is 0 Å². The van der Waals surface area contributed by atoms with Gasteiger partial charge in [-0.3, -0.25) is 19.6 Å². The molecule has 0 unspecified atom stereocenters. The Morgan fingerprint density at radius 1 is 0.390 bits per heavy atom. The highest BCUT2D eigenvalue weighted by Crippen LogP contribution is 2.37. The molecule has 2 amide bonds. The number of fused-ring (bicyclic) bond motifs is 4. The van der Waals surface area contributed by atoms with E-state index in [2.05, 4.69) is 20.1 Å². The van der Waals surface area contributed by atoms with Gasteiger partial charge in [-0.2, -0.15) is 12.7 Å². The van der Waals surface area contributed by atoms with Gasteiger partial charge in [0.05, 0.1) is 11.9 Å². The lowest BCUT2D eigenvalue weighted by atomic mass is 10.1. The van der Waals surface area contributed by atoms with E-state index in [-0.39, 0.29) is 44.9 Å². The van der Waals surface area contributed by atoms with Crippen molar-refractivity contribution in [2.24, 2.45) is 0 Å². The quantitative estimate of drug-likeness (QED) is 0.0519. The fourth-order valence-electron chi connectivity index (χ4n) is 10.2. The van der Waals surface area contributed by atoms with Crippen LogP contribution in [0.25, 0.3) is 48.6 Å². The van der Waals surface area contributed by atoms with Gasteiger partial charge in [-0.25, -0.2) is 13.2 Å². The van der Waals surface area contributed by atoms with Gasteiger partial charge in [0.25, 0.3) is 5.91 Å². The number of nitrogens with zero attached hydrogens (tertiary/aromatic N) is 2. The Morgan fingerprint density at radius 2 is 0.714 bits per heavy atom. The summed E-state index contributed by atoms with van der Waals surface area (Å²) in [6, 6.07) is 69.4. The van der Waals surface area contributed by atoms with Crippen molar-refractivity contribution in [3.8, 4) is 46.0 Å². The molecule has 23 heteroatoms. The molecular weight excluding hydrogens is 1370 g/mol. The van der Waals surface area contributed by atoms with Crippen LogP contribution in [0.5, 0.6) is 46.0 Å². The first-order valence-electron chi connectivity index (χ1n) is 33.2. The summed E-state index contributed by atoms with van der Waals surface area (Å²) in [5.74, 6) is 5.89. The van der Waals surface area contributed by atoms with Crippen molar-refractivity contribution < 1.29 is 69.1 Å². The molecule has 4 N–H and O–H groups in total. The van der Waals surface area contributed by atoms with E-state index in [0.717, 1.165) is 112 Å². The van der Waals surface area contributed by atoms with Crippen molar-refractivity contribution in [2.75, 3.05) is 80.3 Å². The lowest BCUT2D eigenvalue weighted by Gasteiger charge is -2.13. The number of rotatable bonds is 20. The molecule has 4 heterocycles. The SMILES string of the molecule is CC(C)OC(=O)Nc1ccc(/C=C/c2ccc3c(c2)OCO3)cc1.CN(C)S(=O)(=O)Nc1ccc(/C=C/c2ccc3c(c2)OCO3)cc1.CN(C)c1ccc(C(=O)Nc2ccc(/C=C/c3ccc4c(c3)OCO4)cc2)cc1.O=S(=O)(Cc1ccccc1)Nc1ccc(/C=C/c2ccc3c(c2)OCO3)cc1. The first-order valence-corrected chi connectivity index (χ1v) is 36.3. The fraction of sp³-hybridized carbons (Fsp3) is 0.146. The maximum absolute atomic E-state index is 12.4. The van der Waals surface area contributed by atoms with Gasteiger partial charge in [-0.1, -0.05) is 152 Å². The Kier molecular flexibility index (Phi) is 24.6. The predicted molar refractivity (Wildman–Crippen MR) is 415 cm³/mol. The number of hydrogen-bond acceptors (Lipinski definition) is 16. The van der Waals surface area contributed by atoms with Crippen LogP contribution >= 0.6 is 0 Å². The van der Waals surface area contributed by atoms with Crippen molar-refractivity contribution >= 4 is 109 Å². The molecule has 21 nitrogen and oxygen atoms in total. The van der Waals surface area contributed by atoms with Crippen LogP contribution in [0.3, 0.4) is 0 Å². The number of anilines is 5. The number of sulfonamides is 1. The Labute approximate surface area is 611 Å². The maximum atomic E-state index is 12.4. The molecule has 4 aliphatic rings. The van der Waals surface area contributed by atoms with E-state index in [9.17, 15) is 26.4 Å². The molecule has 4 aliphatic heterocycles. The molecule has 14 rings (SSSR count). The standard InChI is InChI=1S/C24H22N2O3.C22H19NO4S.C19H19NO4.C17H18N2O4S/c1-26(2)21-12-8-19(9-13-21)24(27)25-20-10-5-17(6-11-20)3-4-18-7-14-22-23(15-18)29-16-28-22;24-28(25,15-19-4-2-1-3-5-19)23-20-11-8-17(9-12-20)6-7-18-10-13-21-22(14-18)27-16-26-21;1-13(2)24-19(21)20-16-8-5-14(6-9-16)3-4-15-7-10-17-18(11-15)23-12-22-17;1-19(2)24(20,21)18-15-8-5-13(6-9-15)3-4-14-7-10-16-17(11-14)23-12-22-16/h3-15H,16H2,1-2H3,(H,25,27);1-14,23H,15-16H2;3-11,13H,12H2,1-2H3,(H,20,21);3-11,18H,12H2,1-2H3/b4-3+;7-6+;2*4-3+. The van der Waals surface area contributed by atoms with E-state index in [1.165, 1.54) is 14.1 Å². The Hall–Kier alpha value is -12.4. The summed E-state index contributed by atoms with van der Waals surface area (Å²) in [6.07, 6.45) is 15.3. The Morgan fingerprint density at radius 3 is 1.07 bits per heavy atom. The van der Waals surface area contributed by atoms with Gasteiger partial charge in [0, 0.05) is 62.2 Å². The zero-order valence-electron chi connectivity index (χ0n) is 58.4. The summed E-state index contributed by atoms with van der Waals surface area (Å²) < 4.78 is 102. The normalized spacial score (nSPS) is 12.8. The zero-order chi connectivity index (χ0) is 73.7. The number of amides is 2. The number of nitrogens with one attached hydrogen (secondary N) is 4. The lowest BCUT2D eigenvalue weighted by Crippen LogP contribution is -2.28. The molecule has 105 heavy (non-hydrogen) atoms. The third kappa shape index (κ3) is 22.0. The minimum atomic E-state index is -3.49. The van der Waals surface area contributed by atoms with E-state index < -0.39 is 26.3 Å². The number of ether oxygens (including phenoxy) is 9. The largest absolute Gasteiger partial charge is 0.454 e. The molecular formula is C82H78N6O15S2. The molecule has 0 atom stereocenters. The molecule has 0 bridgehead atoms. The van der Waals surface area contributed by atoms with Gasteiger partial charge >= 0.3 is 16.3 Å². The van der Waals surface area contributed by atoms with E-state index in [1.807, 2.05) is 270 Å². The van der Waals surface area contributed by atoms with E-state index in [1.54, 1.807) is 36.4 Å². The van der Waals surface area contributed by atoms with Crippen molar-refractivity contribution in [1.82, 2.24) is 4.31 Å². The average molecular weight is 1450 g/mol. The van der Waals surface area contributed by atoms with E-state index in [0.29, 0.717) is 22.6 Å². The summed E-state index contributed by atoms with van der Waals surface area (Å²) in [5.41, 5.74) is 13.0. The molecule has 0 aliphatic carbocycles. The molecule has 10 aromatic carbocycles. The van der Waals surface area contributed by atoms with Gasteiger partial charge in [-0.15, -0.1) is 0 Å². The van der Waals surface area contributed by atoms with Crippen LogP contribution in [-0.2, 0) is 30.7 Å². The van der Waals surface area contributed by atoms with Crippen molar-refractivity contribution in [1.29, 1.82) is 0 Å². The minimum Gasteiger partial charge on any atom is -0.454 e. The van der Waals surface area contributed by atoms with Crippen LogP contribution in [0.1, 0.15) is 74.3 Å². The summed E-state index contributed by atoms with van der Waals surface area (Å²) in [5, 5.41) is 5.62. The molecule has 0 radical (unpaired) electrons. The van der Waals surface area contributed by atoms with E-state index in [4.69, 9.17) is 42.6 Å². The van der Waals surface area contributed by atoms with E-state index >= 15 is 0 Å². The van der Waals surface area contributed by atoms with Crippen LogP contribution in [0.2, 0.25) is 0 Å². The number of benzene rings is 10. The first-order chi connectivity index (χ1) is 50.7. The molecule has 0 fully saturated rings. The third-order valence-corrected chi connectivity index (χ3v) is 18.5. The highest BCUT2D eigenvalue weighted by molar-refractivity contribution is 7.92. The van der Waals surface area contributed by atoms with Crippen LogP contribution in [0.15, 0.2) is 224 Å². The van der Waals surface area contributed by atoms with Gasteiger partial charge in [0.2, 0.25) is 37.2 Å². The molecule has 0 spiro atoms. The van der Waals surface area contributed by atoms with Crippen molar-refractivity contribution in [2.45, 2.75) is 25.7 Å². The Bertz CT molecular complexity index is 5000. The summed E-state index contributed by atoms with van der Waals surface area (Å²) in [6.45, 7) is 4.68. The van der Waals surface area contributed by atoms with Gasteiger partial charge in [-0.05, 0) is 185 Å². The number of carbonyl (C=O) groups is 2. The predicted octanol–water partition coefficient (Wildman–Crippen LogP) is 16.8. The fourth-order valence-corrected chi connectivity index (χ4v) is 12.1. The second kappa shape index (κ2) is 35.0. The monoisotopic (exact) mass is 1450 g/mol. The van der Waals surface area contributed by atoms with Gasteiger partial charge < -0.3 is 52.8 Å². The summed E-state index contributed by atoms with van der Waals surface area (Å²) in [4.78, 5) is 26.0. The van der Waals surface area contributed by atoms with Crippen LogP contribution in [0.4, 0.5) is 33.2 Å². The Balaban J connectivity index is 0.000000140.